The third-order valence-corrected chi connectivity index (χ3v) is 5.04. The summed E-state index contributed by atoms with van der Waals surface area (Å²) in [5, 5.41) is 5.12. The normalized spacial score (nSPS) is 12.5. The van der Waals surface area contributed by atoms with Gasteiger partial charge in [0.2, 0.25) is 0 Å². The molecular weight excluding hydrogens is 411 g/mol. The van der Waals surface area contributed by atoms with Crippen LogP contribution in [0.5, 0.6) is 0 Å². The summed E-state index contributed by atoms with van der Waals surface area (Å²) < 4.78 is 2.25. The van der Waals surface area contributed by atoms with Gasteiger partial charge in [-0.25, -0.2) is 0 Å². The van der Waals surface area contributed by atoms with E-state index in [1.165, 1.54) is 39.2 Å². The molecule has 1 aromatic heterocycles. The van der Waals surface area contributed by atoms with Gasteiger partial charge in [-0.2, -0.15) is 5.10 Å². The molecule has 0 radical (unpaired) electrons. The van der Waals surface area contributed by atoms with Crippen molar-refractivity contribution in [1.29, 1.82) is 0 Å². The molecule has 0 atom stereocenters. The van der Waals surface area contributed by atoms with E-state index in [9.17, 15) is 0 Å². The Hall–Kier alpha value is -0.908. The second-order valence-corrected chi connectivity index (χ2v) is 9.85. The van der Waals surface area contributed by atoms with Crippen LogP contribution in [0.2, 0.25) is 0 Å². The van der Waals surface area contributed by atoms with Gasteiger partial charge in [0.05, 0.1) is 11.4 Å². The summed E-state index contributed by atoms with van der Waals surface area (Å²) in [5.41, 5.74) is 9.31. The first kappa shape index (κ1) is 23.1. The molecular formula is C23H36N2Pd. The van der Waals surface area contributed by atoms with E-state index in [2.05, 4.69) is 93.0 Å². The van der Waals surface area contributed by atoms with Crippen LogP contribution in [0, 0.1) is 20.8 Å². The van der Waals surface area contributed by atoms with Crippen molar-refractivity contribution in [3.63, 3.8) is 0 Å². The number of aromatic nitrogens is 2. The topological polar surface area (TPSA) is 17.8 Å². The molecule has 0 saturated heterocycles. The van der Waals surface area contributed by atoms with E-state index in [4.69, 9.17) is 5.10 Å². The van der Waals surface area contributed by atoms with E-state index >= 15 is 0 Å². The van der Waals surface area contributed by atoms with E-state index in [0.717, 1.165) is 0 Å². The van der Waals surface area contributed by atoms with E-state index in [0.29, 0.717) is 6.04 Å². The third-order valence-electron chi connectivity index (χ3n) is 5.04. The van der Waals surface area contributed by atoms with Gasteiger partial charge in [0.25, 0.3) is 0 Å². The largest absolute Gasteiger partial charge is 0.266 e. The molecule has 0 fully saturated rings. The second-order valence-electron chi connectivity index (χ2n) is 9.85. The Morgan fingerprint density at radius 1 is 0.846 bits per heavy atom. The number of hydrogen-bond donors (Lipinski definition) is 0. The molecule has 26 heavy (non-hydrogen) atoms. The predicted octanol–water partition coefficient (Wildman–Crippen LogP) is 6.65. The Kier molecular flexibility index (Phi) is 6.77. The van der Waals surface area contributed by atoms with Crippen molar-refractivity contribution in [3.8, 4) is 11.1 Å². The van der Waals surface area contributed by atoms with Crippen LogP contribution in [0.25, 0.3) is 11.1 Å². The summed E-state index contributed by atoms with van der Waals surface area (Å²) in [5.74, 6) is 0. The maximum absolute atomic E-state index is 5.12. The molecule has 2 rings (SSSR count). The molecule has 3 heteroatoms. The summed E-state index contributed by atoms with van der Waals surface area (Å²) in [6.07, 6.45) is 0. The fraction of sp³-hybridized carbons (Fsp3) is 0.609. The summed E-state index contributed by atoms with van der Waals surface area (Å²) in [6.45, 7) is 24.8. The Labute approximate surface area is 174 Å². The van der Waals surface area contributed by atoms with Crippen LogP contribution in [0.3, 0.4) is 0 Å². The van der Waals surface area contributed by atoms with Crippen molar-refractivity contribution in [3.05, 3.63) is 40.2 Å². The van der Waals surface area contributed by atoms with Crippen molar-refractivity contribution in [2.75, 3.05) is 0 Å². The minimum Gasteiger partial charge on any atom is -0.266 e. The first-order valence-electron chi connectivity index (χ1n) is 9.46. The molecule has 0 aliphatic heterocycles. The second kappa shape index (κ2) is 7.61. The molecule has 0 amide bonds. The molecule has 0 spiro atoms. The average Bonchev–Trinajstić information content (AvgIpc) is 2.84. The Balaban J connectivity index is 0.00000338. The van der Waals surface area contributed by atoms with Crippen LogP contribution in [-0.2, 0) is 31.3 Å². The van der Waals surface area contributed by atoms with Crippen LogP contribution in [0.15, 0.2) is 12.1 Å². The summed E-state index contributed by atoms with van der Waals surface area (Å²) in [6, 6.07) is 5.03. The van der Waals surface area contributed by atoms with Crippen molar-refractivity contribution in [2.24, 2.45) is 0 Å². The van der Waals surface area contributed by atoms with Gasteiger partial charge in [-0.1, -0.05) is 53.7 Å². The zero-order chi connectivity index (χ0) is 19.3. The van der Waals surface area contributed by atoms with Gasteiger partial charge in [0, 0.05) is 42.9 Å². The number of rotatable bonds is 2. The molecule has 0 aliphatic carbocycles. The first-order valence-corrected chi connectivity index (χ1v) is 9.46. The van der Waals surface area contributed by atoms with Crippen LogP contribution >= 0.6 is 0 Å². The molecule has 1 aromatic carbocycles. The van der Waals surface area contributed by atoms with Gasteiger partial charge < -0.3 is 0 Å². The van der Waals surface area contributed by atoms with Crippen molar-refractivity contribution in [2.45, 2.75) is 93.0 Å². The molecule has 0 unspecified atom stereocenters. The smallest absolute Gasteiger partial charge is 0.0759 e. The van der Waals surface area contributed by atoms with Crippen LogP contribution < -0.4 is 0 Å². The minimum atomic E-state index is 0. The van der Waals surface area contributed by atoms with Crippen LogP contribution in [0.4, 0.5) is 0 Å². The van der Waals surface area contributed by atoms with E-state index in [1.807, 2.05) is 0 Å². The number of benzene rings is 1. The van der Waals surface area contributed by atoms with Crippen LogP contribution in [-0.4, -0.2) is 9.78 Å². The van der Waals surface area contributed by atoms with E-state index in [-0.39, 0.29) is 31.3 Å². The van der Waals surface area contributed by atoms with E-state index in [1.54, 1.807) is 0 Å². The quantitative estimate of drug-likeness (QED) is 0.472. The third kappa shape index (κ3) is 4.32. The van der Waals surface area contributed by atoms with Gasteiger partial charge in [-0.3, -0.25) is 4.68 Å². The molecule has 0 bridgehead atoms. The van der Waals surface area contributed by atoms with Gasteiger partial charge in [0.15, 0.2) is 0 Å². The number of hydrogen-bond acceptors (Lipinski definition) is 1. The fourth-order valence-electron chi connectivity index (χ4n) is 3.51. The first-order chi connectivity index (χ1) is 11.2. The summed E-state index contributed by atoms with van der Waals surface area (Å²) in [7, 11) is 0. The molecule has 0 saturated carbocycles. The van der Waals surface area contributed by atoms with Gasteiger partial charge in [-0.15, -0.1) is 0 Å². The molecule has 0 aliphatic rings. The fourth-order valence-corrected chi connectivity index (χ4v) is 3.51. The monoisotopic (exact) mass is 446 g/mol. The minimum absolute atomic E-state index is 0. The SMILES string of the molecule is Cc1cc(-c2c(C(C)(C)C)nn(C(C)C)c2C(C)(C)C)cc(C)c1C.[Pd]. The van der Waals surface area contributed by atoms with E-state index < -0.39 is 0 Å². The average molecular weight is 447 g/mol. The molecule has 0 N–H and O–H groups in total. The molecule has 2 aromatic rings. The molecule has 1 heterocycles. The number of nitrogens with zero attached hydrogens (tertiary/aromatic N) is 2. The zero-order valence-electron chi connectivity index (χ0n) is 18.4. The van der Waals surface area contributed by atoms with Crippen molar-refractivity contribution >= 4 is 0 Å². The number of aryl methyl sites for hydroxylation is 2. The zero-order valence-corrected chi connectivity index (χ0v) is 20.0. The van der Waals surface area contributed by atoms with Gasteiger partial charge in [0.1, 0.15) is 0 Å². The summed E-state index contributed by atoms with van der Waals surface area (Å²) in [4.78, 5) is 0. The van der Waals surface area contributed by atoms with Gasteiger partial charge >= 0.3 is 0 Å². The van der Waals surface area contributed by atoms with Crippen LogP contribution in [0.1, 0.15) is 89.5 Å². The van der Waals surface area contributed by atoms with Gasteiger partial charge in [-0.05, 0) is 56.9 Å². The Morgan fingerprint density at radius 3 is 1.65 bits per heavy atom. The Morgan fingerprint density at radius 2 is 1.31 bits per heavy atom. The predicted molar refractivity (Wildman–Crippen MR) is 110 cm³/mol. The summed E-state index contributed by atoms with van der Waals surface area (Å²) >= 11 is 0. The molecule has 148 valence electrons. The maximum Gasteiger partial charge on any atom is 0.0759 e. The molecule has 2 nitrogen and oxygen atoms in total. The van der Waals surface area contributed by atoms with Crippen molar-refractivity contribution in [1.82, 2.24) is 9.78 Å². The maximum atomic E-state index is 5.12. The van der Waals surface area contributed by atoms with Crippen molar-refractivity contribution < 1.29 is 20.4 Å². The standard InChI is InChI=1S/C23H36N2.Pd/c1-14(2)25-21(23(9,10)11)19(20(24-25)22(6,7)8)18-12-15(3)17(5)16(4)13-18;/h12-14H,1-11H3;. The Bertz CT molecular complexity index is 761.